The Kier molecular flexibility index (Phi) is 5.72. The van der Waals surface area contributed by atoms with E-state index in [0.717, 1.165) is 0 Å². The maximum atomic E-state index is 11.3. The SMILES string of the molecule is CCNC(=O)C(C)NCC(C)(O)CC. The molecule has 14 heavy (non-hydrogen) atoms. The number of amides is 1. The van der Waals surface area contributed by atoms with Gasteiger partial charge in [0.1, 0.15) is 0 Å². The zero-order valence-electron chi connectivity index (χ0n) is 9.55. The van der Waals surface area contributed by atoms with Crippen molar-refractivity contribution in [2.45, 2.75) is 45.8 Å². The predicted octanol–water partition coefficient (Wildman–Crippen LogP) is 0.262. The highest BCUT2D eigenvalue weighted by Gasteiger charge is 2.20. The molecule has 0 aromatic heterocycles. The van der Waals surface area contributed by atoms with Gasteiger partial charge in [-0.25, -0.2) is 0 Å². The third kappa shape index (κ3) is 5.19. The minimum Gasteiger partial charge on any atom is -0.389 e. The molecule has 0 aromatic rings. The second-order valence-electron chi connectivity index (χ2n) is 3.85. The molecule has 0 fully saturated rings. The Morgan fingerprint density at radius 2 is 2.07 bits per heavy atom. The van der Waals surface area contributed by atoms with E-state index in [1.54, 1.807) is 13.8 Å². The number of hydrogen-bond acceptors (Lipinski definition) is 3. The average molecular weight is 202 g/mol. The third-order valence-corrected chi connectivity index (χ3v) is 2.30. The molecule has 0 aromatic carbocycles. The van der Waals surface area contributed by atoms with Crippen LogP contribution in [0.2, 0.25) is 0 Å². The van der Waals surface area contributed by atoms with E-state index in [9.17, 15) is 9.90 Å². The van der Waals surface area contributed by atoms with Crippen LogP contribution in [-0.2, 0) is 4.79 Å². The van der Waals surface area contributed by atoms with Crippen LogP contribution in [0.1, 0.15) is 34.1 Å². The zero-order valence-corrected chi connectivity index (χ0v) is 9.55. The van der Waals surface area contributed by atoms with Crippen LogP contribution in [0.3, 0.4) is 0 Å². The maximum Gasteiger partial charge on any atom is 0.236 e. The molecule has 0 aliphatic carbocycles. The Morgan fingerprint density at radius 1 is 1.50 bits per heavy atom. The van der Waals surface area contributed by atoms with Crippen molar-refractivity contribution in [3.63, 3.8) is 0 Å². The van der Waals surface area contributed by atoms with Gasteiger partial charge in [0.25, 0.3) is 0 Å². The average Bonchev–Trinajstić information content (AvgIpc) is 2.15. The fourth-order valence-electron chi connectivity index (χ4n) is 0.918. The summed E-state index contributed by atoms with van der Waals surface area (Å²) < 4.78 is 0. The van der Waals surface area contributed by atoms with Crippen LogP contribution in [0.15, 0.2) is 0 Å². The summed E-state index contributed by atoms with van der Waals surface area (Å²) in [6.45, 7) is 8.41. The van der Waals surface area contributed by atoms with Gasteiger partial charge in [-0.1, -0.05) is 6.92 Å². The topological polar surface area (TPSA) is 61.4 Å². The van der Waals surface area contributed by atoms with Crippen LogP contribution >= 0.6 is 0 Å². The molecule has 1 amide bonds. The number of rotatable bonds is 6. The first-order chi connectivity index (χ1) is 6.43. The molecule has 0 saturated carbocycles. The molecule has 0 aliphatic rings. The number of likely N-dealkylation sites (N-methyl/N-ethyl adjacent to an activating group) is 1. The van der Waals surface area contributed by atoms with Gasteiger partial charge in [0.05, 0.1) is 11.6 Å². The zero-order chi connectivity index (χ0) is 11.2. The van der Waals surface area contributed by atoms with Crippen LogP contribution in [-0.4, -0.2) is 35.7 Å². The molecule has 0 rings (SSSR count). The summed E-state index contributed by atoms with van der Waals surface area (Å²) in [4.78, 5) is 11.3. The quantitative estimate of drug-likeness (QED) is 0.579. The minimum atomic E-state index is -0.735. The van der Waals surface area contributed by atoms with Gasteiger partial charge in [-0.2, -0.15) is 0 Å². The summed E-state index contributed by atoms with van der Waals surface area (Å²) in [6.07, 6.45) is 0.669. The van der Waals surface area contributed by atoms with E-state index in [1.807, 2.05) is 13.8 Å². The van der Waals surface area contributed by atoms with Gasteiger partial charge < -0.3 is 15.7 Å². The van der Waals surface area contributed by atoms with Crippen LogP contribution in [0.25, 0.3) is 0 Å². The van der Waals surface area contributed by atoms with Gasteiger partial charge in [-0.3, -0.25) is 4.79 Å². The summed E-state index contributed by atoms with van der Waals surface area (Å²) in [5, 5.41) is 15.4. The van der Waals surface area contributed by atoms with Gasteiger partial charge in [0.15, 0.2) is 0 Å². The van der Waals surface area contributed by atoms with Gasteiger partial charge in [-0.05, 0) is 27.2 Å². The highest BCUT2D eigenvalue weighted by atomic mass is 16.3. The van der Waals surface area contributed by atoms with Gasteiger partial charge >= 0.3 is 0 Å². The first-order valence-corrected chi connectivity index (χ1v) is 5.16. The monoisotopic (exact) mass is 202 g/mol. The first kappa shape index (κ1) is 13.4. The molecule has 4 heteroatoms. The van der Waals surface area contributed by atoms with Crippen LogP contribution < -0.4 is 10.6 Å². The Bertz CT molecular complexity index is 181. The molecular formula is C10H22N2O2. The molecule has 0 spiro atoms. The van der Waals surface area contributed by atoms with E-state index in [-0.39, 0.29) is 11.9 Å². The second-order valence-corrected chi connectivity index (χ2v) is 3.85. The highest BCUT2D eigenvalue weighted by Crippen LogP contribution is 2.06. The number of hydrogen-bond donors (Lipinski definition) is 3. The van der Waals surface area contributed by atoms with Crippen LogP contribution in [0, 0.1) is 0 Å². The van der Waals surface area contributed by atoms with E-state index in [0.29, 0.717) is 19.5 Å². The van der Waals surface area contributed by atoms with Crippen molar-refractivity contribution < 1.29 is 9.90 Å². The molecule has 3 N–H and O–H groups in total. The van der Waals surface area contributed by atoms with E-state index in [4.69, 9.17) is 0 Å². The molecule has 84 valence electrons. The van der Waals surface area contributed by atoms with E-state index >= 15 is 0 Å². The fourth-order valence-corrected chi connectivity index (χ4v) is 0.918. The Morgan fingerprint density at radius 3 is 2.50 bits per heavy atom. The van der Waals surface area contributed by atoms with E-state index in [2.05, 4.69) is 10.6 Å². The second kappa shape index (κ2) is 5.98. The summed E-state index contributed by atoms with van der Waals surface area (Å²) in [6, 6.07) is -0.257. The lowest BCUT2D eigenvalue weighted by molar-refractivity contribution is -0.122. The number of nitrogens with one attached hydrogen (secondary N) is 2. The molecule has 0 saturated heterocycles. The molecular weight excluding hydrogens is 180 g/mol. The Balaban J connectivity index is 3.84. The third-order valence-electron chi connectivity index (χ3n) is 2.30. The Labute approximate surface area is 86.1 Å². The fraction of sp³-hybridized carbons (Fsp3) is 0.900. The highest BCUT2D eigenvalue weighted by molar-refractivity contribution is 5.81. The summed E-state index contributed by atoms with van der Waals surface area (Å²) in [5.74, 6) is -0.0283. The van der Waals surface area contributed by atoms with Gasteiger partial charge in [0.2, 0.25) is 5.91 Å². The lowest BCUT2D eigenvalue weighted by atomic mass is 10.0. The molecule has 0 aliphatic heterocycles. The van der Waals surface area contributed by atoms with Crippen molar-refractivity contribution in [1.29, 1.82) is 0 Å². The first-order valence-electron chi connectivity index (χ1n) is 5.16. The van der Waals surface area contributed by atoms with Crippen molar-refractivity contribution in [2.24, 2.45) is 0 Å². The lowest BCUT2D eigenvalue weighted by Gasteiger charge is -2.24. The summed E-state index contributed by atoms with van der Waals surface area (Å²) in [7, 11) is 0. The van der Waals surface area contributed by atoms with Crippen molar-refractivity contribution >= 4 is 5.91 Å². The van der Waals surface area contributed by atoms with Crippen molar-refractivity contribution in [3.8, 4) is 0 Å². The molecule has 0 radical (unpaired) electrons. The van der Waals surface area contributed by atoms with Crippen LogP contribution in [0.5, 0.6) is 0 Å². The molecule has 4 nitrogen and oxygen atoms in total. The van der Waals surface area contributed by atoms with Crippen LogP contribution in [0.4, 0.5) is 0 Å². The van der Waals surface area contributed by atoms with E-state index < -0.39 is 5.60 Å². The molecule has 2 atom stereocenters. The van der Waals surface area contributed by atoms with Crippen molar-refractivity contribution in [1.82, 2.24) is 10.6 Å². The van der Waals surface area contributed by atoms with Gasteiger partial charge in [-0.15, -0.1) is 0 Å². The van der Waals surface area contributed by atoms with Gasteiger partial charge in [0, 0.05) is 13.1 Å². The smallest absolute Gasteiger partial charge is 0.236 e. The van der Waals surface area contributed by atoms with E-state index in [1.165, 1.54) is 0 Å². The minimum absolute atomic E-state index is 0.0283. The number of carbonyl (C=O) groups is 1. The number of aliphatic hydroxyl groups is 1. The lowest BCUT2D eigenvalue weighted by Crippen LogP contribution is -2.47. The normalized spacial score (nSPS) is 17.2. The molecule has 2 unspecified atom stereocenters. The number of carbonyl (C=O) groups excluding carboxylic acids is 1. The maximum absolute atomic E-state index is 11.3. The Hall–Kier alpha value is -0.610. The van der Waals surface area contributed by atoms with Crippen molar-refractivity contribution in [2.75, 3.05) is 13.1 Å². The summed E-state index contributed by atoms with van der Waals surface area (Å²) in [5.41, 5.74) is -0.735. The largest absolute Gasteiger partial charge is 0.389 e. The molecule has 0 bridgehead atoms. The van der Waals surface area contributed by atoms with Crippen molar-refractivity contribution in [3.05, 3.63) is 0 Å². The summed E-state index contributed by atoms with van der Waals surface area (Å²) >= 11 is 0. The molecule has 0 heterocycles. The predicted molar refractivity (Wildman–Crippen MR) is 57.1 cm³/mol. The standard InChI is InChI=1S/C10H22N2O2/c1-5-10(4,14)7-12-8(3)9(13)11-6-2/h8,12,14H,5-7H2,1-4H3,(H,11,13).